The molecule has 2 aromatic rings. The molecule has 0 aliphatic carbocycles. The molecule has 1 unspecified atom stereocenters. The fourth-order valence-electron chi connectivity index (χ4n) is 3.22. The average Bonchev–Trinajstić information content (AvgIpc) is 3.16. The van der Waals surface area contributed by atoms with E-state index in [4.69, 9.17) is 4.74 Å². The van der Waals surface area contributed by atoms with Crippen LogP contribution in [0.25, 0.3) is 0 Å². The Hall–Kier alpha value is -2.80. The minimum absolute atomic E-state index is 0.0290. The van der Waals surface area contributed by atoms with Crippen LogP contribution in [0.3, 0.4) is 0 Å². The van der Waals surface area contributed by atoms with Crippen molar-refractivity contribution in [3.63, 3.8) is 0 Å². The molecule has 1 saturated heterocycles. The van der Waals surface area contributed by atoms with Crippen LogP contribution in [-0.4, -0.2) is 35.0 Å². The van der Waals surface area contributed by atoms with Gasteiger partial charge in [-0.3, -0.25) is 14.9 Å². The third kappa shape index (κ3) is 4.49. The topological polar surface area (TPSA) is 72.7 Å². The Morgan fingerprint density at radius 2 is 2.07 bits per heavy atom. The van der Waals surface area contributed by atoms with E-state index in [1.165, 1.54) is 6.92 Å². The Balaban J connectivity index is 1.90. The lowest BCUT2D eigenvalue weighted by Gasteiger charge is -2.26. The Bertz CT molecular complexity index is 835. The first-order valence-corrected chi connectivity index (χ1v) is 8.85. The molecule has 27 heavy (non-hydrogen) atoms. The Morgan fingerprint density at radius 1 is 1.33 bits per heavy atom. The van der Waals surface area contributed by atoms with Gasteiger partial charge in [-0.25, -0.2) is 4.39 Å². The number of hydrogen-bond acceptors (Lipinski definition) is 4. The molecule has 1 fully saturated rings. The van der Waals surface area contributed by atoms with Gasteiger partial charge in [0.15, 0.2) is 0 Å². The normalized spacial score (nSPS) is 16.3. The van der Waals surface area contributed by atoms with Crippen molar-refractivity contribution in [2.24, 2.45) is 0 Å². The minimum atomic E-state index is -0.760. The third-order valence-electron chi connectivity index (χ3n) is 4.71. The minimum Gasteiger partial charge on any atom is -0.376 e. The summed E-state index contributed by atoms with van der Waals surface area (Å²) in [6, 6.07) is 11.6. The number of nitrogens with zero attached hydrogens (tertiary/aromatic N) is 2. The lowest BCUT2D eigenvalue weighted by molar-refractivity contribution is -0.385. The maximum absolute atomic E-state index is 14.2. The van der Waals surface area contributed by atoms with Crippen molar-refractivity contribution >= 4 is 11.6 Å². The zero-order valence-corrected chi connectivity index (χ0v) is 15.1. The molecule has 1 atom stereocenters. The molecule has 0 spiro atoms. The summed E-state index contributed by atoms with van der Waals surface area (Å²) in [5.41, 5.74) is 0.421. The van der Waals surface area contributed by atoms with Gasteiger partial charge in [-0.2, -0.15) is 0 Å². The molecule has 2 aromatic carbocycles. The first-order valence-electron chi connectivity index (χ1n) is 8.85. The molecular weight excluding hydrogens is 351 g/mol. The molecule has 0 saturated carbocycles. The summed E-state index contributed by atoms with van der Waals surface area (Å²) in [5.74, 6) is -1.21. The van der Waals surface area contributed by atoms with Crippen LogP contribution < -0.4 is 0 Å². The number of carbonyl (C=O) groups excluding carboxylic acids is 1. The number of hydrogen-bond donors (Lipinski definition) is 0. The van der Waals surface area contributed by atoms with Gasteiger partial charge in [0.05, 0.1) is 16.6 Å². The van der Waals surface area contributed by atoms with E-state index in [1.54, 1.807) is 4.90 Å². The number of ether oxygens (including phenoxy) is 1. The highest BCUT2D eigenvalue weighted by Gasteiger charge is 2.26. The maximum Gasteiger partial charge on any atom is 0.276 e. The molecule has 0 radical (unpaired) electrons. The number of rotatable bonds is 6. The highest BCUT2D eigenvalue weighted by molar-refractivity contribution is 5.95. The molecule has 0 bridgehead atoms. The van der Waals surface area contributed by atoms with Crippen LogP contribution in [0, 0.1) is 22.9 Å². The molecular formula is C20H21FN2O4. The lowest BCUT2D eigenvalue weighted by Crippen LogP contribution is -2.37. The monoisotopic (exact) mass is 372 g/mol. The predicted molar refractivity (Wildman–Crippen MR) is 97.9 cm³/mol. The predicted octanol–water partition coefficient (Wildman–Crippen LogP) is 3.86. The average molecular weight is 372 g/mol. The summed E-state index contributed by atoms with van der Waals surface area (Å²) in [7, 11) is 0. The summed E-state index contributed by atoms with van der Waals surface area (Å²) >= 11 is 0. The van der Waals surface area contributed by atoms with Crippen molar-refractivity contribution in [3.8, 4) is 0 Å². The second-order valence-electron chi connectivity index (χ2n) is 6.67. The number of halogens is 1. The Kier molecular flexibility index (Phi) is 5.81. The molecule has 6 nitrogen and oxygen atoms in total. The number of benzene rings is 2. The zero-order chi connectivity index (χ0) is 19.4. The molecule has 1 aliphatic rings. The first kappa shape index (κ1) is 19.0. The number of carbonyl (C=O) groups is 1. The lowest BCUT2D eigenvalue weighted by atomic mass is 10.1. The molecule has 142 valence electrons. The molecule has 1 aliphatic heterocycles. The summed E-state index contributed by atoms with van der Waals surface area (Å²) in [6.45, 7) is 2.67. The van der Waals surface area contributed by atoms with E-state index in [2.05, 4.69) is 0 Å². The van der Waals surface area contributed by atoms with Gasteiger partial charge >= 0.3 is 0 Å². The Labute approximate surface area is 156 Å². The Morgan fingerprint density at radius 3 is 2.70 bits per heavy atom. The van der Waals surface area contributed by atoms with Crippen LogP contribution in [0.1, 0.15) is 34.3 Å². The molecule has 0 N–H and O–H groups in total. The molecule has 0 aromatic heterocycles. The van der Waals surface area contributed by atoms with Gasteiger partial charge < -0.3 is 9.64 Å². The number of amides is 1. The highest BCUT2D eigenvalue weighted by Crippen LogP contribution is 2.25. The van der Waals surface area contributed by atoms with E-state index in [9.17, 15) is 19.3 Å². The molecule has 3 rings (SSSR count). The maximum atomic E-state index is 14.2. The number of nitro benzene ring substituents is 1. The van der Waals surface area contributed by atoms with E-state index in [0.717, 1.165) is 30.5 Å². The van der Waals surface area contributed by atoms with Gasteiger partial charge in [-0.15, -0.1) is 0 Å². The van der Waals surface area contributed by atoms with Crippen LogP contribution in [0.2, 0.25) is 0 Å². The van der Waals surface area contributed by atoms with Gasteiger partial charge in [0.2, 0.25) is 0 Å². The van der Waals surface area contributed by atoms with E-state index < -0.39 is 22.3 Å². The van der Waals surface area contributed by atoms with Gasteiger partial charge in [0, 0.05) is 31.3 Å². The van der Waals surface area contributed by atoms with Crippen molar-refractivity contribution in [3.05, 3.63) is 75.1 Å². The van der Waals surface area contributed by atoms with E-state index >= 15 is 0 Å². The van der Waals surface area contributed by atoms with Crippen molar-refractivity contribution < 1.29 is 18.8 Å². The van der Waals surface area contributed by atoms with E-state index in [1.807, 2.05) is 30.3 Å². The summed E-state index contributed by atoms with van der Waals surface area (Å²) in [5, 5.41) is 11.2. The zero-order valence-electron chi connectivity index (χ0n) is 15.1. The van der Waals surface area contributed by atoms with Crippen LogP contribution in [0.4, 0.5) is 10.1 Å². The molecule has 1 amide bonds. The first-order chi connectivity index (χ1) is 13.0. The summed E-state index contributed by atoms with van der Waals surface area (Å²) in [4.78, 5) is 25.1. The molecule has 7 heteroatoms. The quantitative estimate of drug-likeness (QED) is 0.570. The van der Waals surface area contributed by atoms with Crippen LogP contribution in [0.5, 0.6) is 0 Å². The van der Waals surface area contributed by atoms with E-state index in [0.29, 0.717) is 19.7 Å². The number of nitro groups is 1. The fraction of sp³-hybridized carbons (Fsp3) is 0.350. The second kappa shape index (κ2) is 8.26. The van der Waals surface area contributed by atoms with Gasteiger partial charge in [0.25, 0.3) is 11.6 Å². The highest BCUT2D eigenvalue weighted by atomic mass is 19.1. The van der Waals surface area contributed by atoms with Crippen molar-refractivity contribution in [1.82, 2.24) is 4.90 Å². The fourth-order valence-corrected chi connectivity index (χ4v) is 3.22. The SMILES string of the molecule is Cc1c(F)cc(C(=O)N(Cc2ccccc2)CC2CCCO2)cc1[N+](=O)[O-]. The standard InChI is InChI=1S/C20H21FN2O4/c1-14-18(21)10-16(11-19(14)23(25)26)20(24)22(13-17-8-5-9-27-17)12-15-6-3-2-4-7-15/h2-4,6-7,10-11,17H,5,8-9,12-13H2,1H3. The second-order valence-corrected chi connectivity index (χ2v) is 6.67. The van der Waals surface area contributed by atoms with Crippen molar-refractivity contribution in [1.29, 1.82) is 0 Å². The van der Waals surface area contributed by atoms with Crippen molar-refractivity contribution in [2.45, 2.75) is 32.4 Å². The summed E-state index contributed by atoms with van der Waals surface area (Å²) < 4.78 is 19.8. The van der Waals surface area contributed by atoms with E-state index in [-0.39, 0.29) is 17.2 Å². The third-order valence-corrected chi connectivity index (χ3v) is 4.71. The van der Waals surface area contributed by atoms with Crippen LogP contribution in [-0.2, 0) is 11.3 Å². The van der Waals surface area contributed by atoms with Gasteiger partial charge in [-0.1, -0.05) is 30.3 Å². The van der Waals surface area contributed by atoms with Gasteiger partial charge in [0.1, 0.15) is 5.82 Å². The largest absolute Gasteiger partial charge is 0.376 e. The van der Waals surface area contributed by atoms with Crippen LogP contribution in [0.15, 0.2) is 42.5 Å². The molecule has 1 heterocycles. The van der Waals surface area contributed by atoms with Crippen LogP contribution >= 0.6 is 0 Å². The van der Waals surface area contributed by atoms with Gasteiger partial charge in [-0.05, 0) is 31.4 Å². The van der Waals surface area contributed by atoms with Crippen molar-refractivity contribution in [2.75, 3.05) is 13.2 Å². The summed E-state index contributed by atoms with van der Waals surface area (Å²) in [6.07, 6.45) is 1.70. The smallest absolute Gasteiger partial charge is 0.276 e.